The summed E-state index contributed by atoms with van der Waals surface area (Å²) in [4.78, 5) is 24.1. The first-order valence-corrected chi connectivity index (χ1v) is 8.18. The van der Waals surface area contributed by atoms with Crippen LogP contribution in [0.5, 0.6) is 5.75 Å². The number of benzene rings is 2. The van der Waals surface area contributed by atoms with Crippen molar-refractivity contribution in [1.82, 2.24) is 0 Å². The molecular formula is C20H23NO4. The van der Waals surface area contributed by atoms with Crippen LogP contribution in [0.2, 0.25) is 0 Å². The molecule has 25 heavy (non-hydrogen) atoms. The Kier molecular flexibility index (Phi) is 6.17. The summed E-state index contributed by atoms with van der Waals surface area (Å²) in [6.07, 6.45) is -0.0992. The Bertz CT molecular complexity index is 770. The molecule has 0 heterocycles. The fourth-order valence-electron chi connectivity index (χ4n) is 2.39. The minimum absolute atomic E-state index is 0.259. The third kappa shape index (κ3) is 4.59. The number of esters is 1. The van der Waals surface area contributed by atoms with E-state index in [1.165, 1.54) is 7.11 Å². The zero-order chi connectivity index (χ0) is 18.4. The first-order valence-electron chi connectivity index (χ1n) is 8.18. The van der Waals surface area contributed by atoms with Gasteiger partial charge in [-0.3, -0.25) is 4.79 Å². The van der Waals surface area contributed by atoms with Crippen LogP contribution >= 0.6 is 0 Å². The van der Waals surface area contributed by atoms with Crippen LogP contribution in [0.4, 0.5) is 5.69 Å². The van der Waals surface area contributed by atoms with Crippen molar-refractivity contribution in [3.05, 3.63) is 59.2 Å². The molecule has 0 saturated heterocycles. The summed E-state index contributed by atoms with van der Waals surface area (Å²) in [5.41, 5.74) is 3.03. The molecule has 0 saturated carbocycles. The van der Waals surface area contributed by atoms with Crippen LogP contribution < -0.4 is 10.1 Å². The Morgan fingerprint density at radius 1 is 1.12 bits per heavy atom. The highest BCUT2D eigenvalue weighted by molar-refractivity contribution is 5.96. The minimum atomic E-state index is -0.623. The molecule has 132 valence electrons. The molecule has 0 fully saturated rings. The number of carbonyl (C=O) groups excluding carboxylic acids is 2. The van der Waals surface area contributed by atoms with Gasteiger partial charge in [-0.15, -0.1) is 0 Å². The molecule has 5 nitrogen and oxygen atoms in total. The molecule has 0 aliphatic heterocycles. The molecule has 5 heteroatoms. The SMILES string of the molecule is CCC(Oc1cccc(C)c1C)C(=O)Nc1cccc(C(=O)OC)c1. The Balaban J connectivity index is 2.12. The normalized spacial score (nSPS) is 11.5. The van der Waals surface area contributed by atoms with E-state index in [1.807, 2.05) is 39.0 Å². The lowest BCUT2D eigenvalue weighted by Gasteiger charge is -2.19. The summed E-state index contributed by atoms with van der Waals surface area (Å²) in [7, 11) is 1.32. The maximum absolute atomic E-state index is 12.5. The number of aryl methyl sites for hydroxylation is 1. The van der Waals surface area contributed by atoms with E-state index in [1.54, 1.807) is 24.3 Å². The topological polar surface area (TPSA) is 64.6 Å². The lowest BCUT2D eigenvalue weighted by atomic mass is 10.1. The van der Waals surface area contributed by atoms with Crippen LogP contribution in [0, 0.1) is 13.8 Å². The highest BCUT2D eigenvalue weighted by Crippen LogP contribution is 2.23. The number of amides is 1. The summed E-state index contributed by atoms with van der Waals surface area (Å²) in [6, 6.07) is 12.4. The van der Waals surface area contributed by atoms with E-state index in [0.717, 1.165) is 11.1 Å². The predicted molar refractivity (Wildman–Crippen MR) is 97.0 cm³/mol. The molecule has 2 rings (SSSR count). The minimum Gasteiger partial charge on any atom is -0.480 e. The van der Waals surface area contributed by atoms with Gasteiger partial charge < -0.3 is 14.8 Å². The molecule has 2 aromatic carbocycles. The van der Waals surface area contributed by atoms with E-state index in [2.05, 4.69) is 5.32 Å². The zero-order valence-corrected chi connectivity index (χ0v) is 15.0. The summed E-state index contributed by atoms with van der Waals surface area (Å²) >= 11 is 0. The van der Waals surface area contributed by atoms with Gasteiger partial charge in [-0.1, -0.05) is 25.1 Å². The van der Waals surface area contributed by atoms with Crippen LogP contribution in [-0.2, 0) is 9.53 Å². The summed E-state index contributed by atoms with van der Waals surface area (Å²) in [5.74, 6) is -0.00879. The fourth-order valence-corrected chi connectivity index (χ4v) is 2.39. The van der Waals surface area contributed by atoms with Crippen molar-refractivity contribution in [2.24, 2.45) is 0 Å². The monoisotopic (exact) mass is 341 g/mol. The molecule has 2 aromatic rings. The molecule has 1 N–H and O–H groups in total. The Morgan fingerprint density at radius 2 is 1.84 bits per heavy atom. The second-order valence-corrected chi connectivity index (χ2v) is 5.77. The van der Waals surface area contributed by atoms with Gasteiger partial charge in [-0.25, -0.2) is 4.79 Å². The zero-order valence-electron chi connectivity index (χ0n) is 15.0. The number of hydrogen-bond donors (Lipinski definition) is 1. The average Bonchev–Trinajstić information content (AvgIpc) is 2.62. The molecule has 1 unspecified atom stereocenters. The molecule has 1 amide bonds. The predicted octanol–water partition coefficient (Wildman–Crippen LogP) is 3.89. The lowest BCUT2D eigenvalue weighted by Crippen LogP contribution is -2.32. The van der Waals surface area contributed by atoms with Crippen LogP contribution in [-0.4, -0.2) is 25.1 Å². The number of anilines is 1. The van der Waals surface area contributed by atoms with E-state index >= 15 is 0 Å². The third-order valence-corrected chi connectivity index (χ3v) is 4.04. The summed E-state index contributed by atoms with van der Waals surface area (Å²) in [5, 5.41) is 2.79. The molecular weight excluding hydrogens is 318 g/mol. The second kappa shape index (κ2) is 8.33. The van der Waals surface area contributed by atoms with Crippen LogP contribution in [0.1, 0.15) is 34.8 Å². The van der Waals surface area contributed by atoms with Crippen LogP contribution in [0.3, 0.4) is 0 Å². The molecule has 1 atom stereocenters. The van der Waals surface area contributed by atoms with Crippen molar-refractivity contribution < 1.29 is 19.1 Å². The van der Waals surface area contributed by atoms with Crippen molar-refractivity contribution in [2.75, 3.05) is 12.4 Å². The van der Waals surface area contributed by atoms with Gasteiger partial charge >= 0.3 is 5.97 Å². The Labute approximate surface area is 148 Å². The second-order valence-electron chi connectivity index (χ2n) is 5.77. The quantitative estimate of drug-likeness (QED) is 0.810. The summed E-state index contributed by atoms with van der Waals surface area (Å²) < 4.78 is 10.6. The van der Waals surface area contributed by atoms with Crippen molar-refractivity contribution in [2.45, 2.75) is 33.3 Å². The average molecular weight is 341 g/mol. The molecule has 0 bridgehead atoms. The van der Waals surface area contributed by atoms with Crippen molar-refractivity contribution in [1.29, 1.82) is 0 Å². The molecule has 0 radical (unpaired) electrons. The molecule has 0 spiro atoms. The smallest absolute Gasteiger partial charge is 0.337 e. The molecule has 0 aliphatic carbocycles. The Hall–Kier alpha value is -2.82. The highest BCUT2D eigenvalue weighted by Gasteiger charge is 2.20. The third-order valence-electron chi connectivity index (χ3n) is 4.04. The van der Waals surface area contributed by atoms with Gasteiger partial charge in [0, 0.05) is 5.69 Å². The van der Waals surface area contributed by atoms with Gasteiger partial charge in [0.25, 0.3) is 5.91 Å². The van der Waals surface area contributed by atoms with E-state index in [4.69, 9.17) is 9.47 Å². The van der Waals surface area contributed by atoms with Gasteiger partial charge in [-0.05, 0) is 55.7 Å². The number of ether oxygens (including phenoxy) is 2. The van der Waals surface area contributed by atoms with Gasteiger partial charge in [0.1, 0.15) is 5.75 Å². The van der Waals surface area contributed by atoms with Gasteiger partial charge in [0.2, 0.25) is 0 Å². The van der Waals surface area contributed by atoms with Gasteiger partial charge in [-0.2, -0.15) is 0 Å². The highest BCUT2D eigenvalue weighted by atomic mass is 16.5. The number of hydrogen-bond acceptors (Lipinski definition) is 4. The van der Waals surface area contributed by atoms with Gasteiger partial charge in [0.15, 0.2) is 6.10 Å². The fraction of sp³-hybridized carbons (Fsp3) is 0.300. The largest absolute Gasteiger partial charge is 0.480 e. The molecule has 0 aromatic heterocycles. The number of rotatable bonds is 6. The first-order chi connectivity index (χ1) is 12.0. The maximum atomic E-state index is 12.5. The number of nitrogens with one attached hydrogen (secondary N) is 1. The van der Waals surface area contributed by atoms with Crippen molar-refractivity contribution in [3.63, 3.8) is 0 Å². The number of carbonyl (C=O) groups is 2. The van der Waals surface area contributed by atoms with E-state index < -0.39 is 12.1 Å². The summed E-state index contributed by atoms with van der Waals surface area (Å²) in [6.45, 7) is 5.86. The standard InChI is InChI=1S/C20H23NO4/c1-5-17(25-18-11-6-8-13(2)14(18)3)19(22)21-16-10-7-9-15(12-16)20(23)24-4/h6-12,17H,5H2,1-4H3,(H,21,22). The van der Waals surface area contributed by atoms with Crippen LogP contribution in [0.25, 0.3) is 0 Å². The van der Waals surface area contributed by atoms with Crippen LogP contribution in [0.15, 0.2) is 42.5 Å². The molecule has 0 aliphatic rings. The van der Waals surface area contributed by atoms with Crippen molar-refractivity contribution >= 4 is 17.6 Å². The van der Waals surface area contributed by atoms with Crippen molar-refractivity contribution in [3.8, 4) is 5.75 Å². The maximum Gasteiger partial charge on any atom is 0.337 e. The van der Waals surface area contributed by atoms with E-state index in [0.29, 0.717) is 23.4 Å². The van der Waals surface area contributed by atoms with E-state index in [9.17, 15) is 9.59 Å². The lowest BCUT2D eigenvalue weighted by molar-refractivity contribution is -0.122. The number of methoxy groups -OCH3 is 1. The van der Waals surface area contributed by atoms with Gasteiger partial charge in [0.05, 0.1) is 12.7 Å². The first kappa shape index (κ1) is 18.5. The Morgan fingerprint density at radius 3 is 2.52 bits per heavy atom. The van der Waals surface area contributed by atoms with E-state index in [-0.39, 0.29) is 5.91 Å².